The number of anilines is 1. The lowest BCUT2D eigenvalue weighted by Crippen LogP contribution is -1.91. The predicted molar refractivity (Wildman–Crippen MR) is 71.7 cm³/mol. The Morgan fingerprint density at radius 3 is 2.61 bits per heavy atom. The zero-order chi connectivity index (χ0) is 13.1. The van der Waals surface area contributed by atoms with E-state index in [2.05, 4.69) is 15.9 Å². The van der Waals surface area contributed by atoms with Crippen molar-refractivity contribution in [3.05, 3.63) is 57.1 Å². The third-order valence-corrected chi connectivity index (χ3v) is 2.83. The summed E-state index contributed by atoms with van der Waals surface area (Å²) >= 11 is 3.23. The summed E-state index contributed by atoms with van der Waals surface area (Å²) in [5, 5.41) is 10.6. The first-order valence-corrected chi connectivity index (χ1v) is 5.83. The van der Waals surface area contributed by atoms with Crippen LogP contribution >= 0.6 is 15.9 Å². The number of nitrogens with zero attached hydrogens (tertiary/aromatic N) is 1. The van der Waals surface area contributed by atoms with Crippen LogP contribution in [-0.4, -0.2) is 4.92 Å². The number of hydrogen-bond donors (Lipinski definition) is 1. The fraction of sp³-hybridized carbons (Fsp3) is 0. The normalized spacial score (nSPS) is 10.1. The fourth-order valence-corrected chi connectivity index (χ4v) is 1.84. The Kier molecular flexibility index (Phi) is 3.47. The summed E-state index contributed by atoms with van der Waals surface area (Å²) in [6.45, 7) is 0. The van der Waals surface area contributed by atoms with Gasteiger partial charge in [0, 0.05) is 23.9 Å². The number of nitrogen functional groups attached to an aromatic ring is 1. The molecule has 0 aliphatic rings. The molecule has 0 radical (unpaired) electrons. The Bertz CT molecular complexity index is 602. The molecule has 0 bridgehead atoms. The molecule has 0 saturated carbocycles. The second-order valence-corrected chi connectivity index (χ2v) is 4.40. The lowest BCUT2D eigenvalue weighted by Gasteiger charge is -2.07. The number of nitro benzene ring substituents is 1. The van der Waals surface area contributed by atoms with Crippen molar-refractivity contribution in [2.24, 2.45) is 0 Å². The van der Waals surface area contributed by atoms with Crippen LogP contribution in [0.3, 0.4) is 0 Å². The Morgan fingerprint density at radius 2 is 2.00 bits per heavy atom. The van der Waals surface area contributed by atoms with E-state index in [1.165, 1.54) is 18.2 Å². The van der Waals surface area contributed by atoms with Crippen molar-refractivity contribution in [2.75, 3.05) is 5.73 Å². The third kappa shape index (κ3) is 2.78. The highest BCUT2D eigenvalue weighted by atomic mass is 79.9. The maximum Gasteiger partial charge on any atom is 0.270 e. The molecule has 0 amide bonds. The van der Waals surface area contributed by atoms with Crippen molar-refractivity contribution in [1.29, 1.82) is 0 Å². The van der Waals surface area contributed by atoms with Crippen molar-refractivity contribution in [3.8, 4) is 11.5 Å². The lowest BCUT2D eigenvalue weighted by molar-refractivity contribution is -0.384. The highest BCUT2D eigenvalue weighted by Crippen LogP contribution is 2.32. The van der Waals surface area contributed by atoms with E-state index in [0.29, 0.717) is 21.7 Å². The summed E-state index contributed by atoms with van der Waals surface area (Å²) in [6, 6.07) is 11.2. The van der Waals surface area contributed by atoms with Crippen LogP contribution in [0.4, 0.5) is 11.4 Å². The van der Waals surface area contributed by atoms with Gasteiger partial charge in [-0.1, -0.05) is 6.07 Å². The molecule has 5 nitrogen and oxygen atoms in total. The zero-order valence-corrected chi connectivity index (χ0v) is 10.8. The van der Waals surface area contributed by atoms with Crippen LogP contribution in [0, 0.1) is 10.1 Å². The van der Waals surface area contributed by atoms with Gasteiger partial charge in [-0.25, -0.2) is 0 Å². The highest BCUT2D eigenvalue weighted by Gasteiger charge is 2.10. The van der Waals surface area contributed by atoms with E-state index in [4.69, 9.17) is 10.5 Å². The number of hydrogen-bond acceptors (Lipinski definition) is 4. The quantitative estimate of drug-likeness (QED) is 0.532. The standard InChI is InChI=1S/C12H9BrN2O3/c13-11-7-9(15(16)17)4-5-12(11)18-10-3-1-2-8(14)6-10/h1-7H,14H2. The van der Waals surface area contributed by atoms with Gasteiger partial charge < -0.3 is 10.5 Å². The summed E-state index contributed by atoms with van der Waals surface area (Å²) in [5.74, 6) is 1.07. The van der Waals surface area contributed by atoms with Crippen LogP contribution in [0.25, 0.3) is 0 Å². The molecule has 0 unspecified atom stereocenters. The van der Waals surface area contributed by atoms with Crippen LogP contribution in [0.15, 0.2) is 46.9 Å². The summed E-state index contributed by atoms with van der Waals surface area (Å²) in [6.07, 6.45) is 0. The fourth-order valence-electron chi connectivity index (χ4n) is 1.39. The second-order valence-electron chi connectivity index (χ2n) is 3.55. The molecule has 2 rings (SSSR count). The molecule has 0 atom stereocenters. The van der Waals surface area contributed by atoms with Crippen LogP contribution < -0.4 is 10.5 Å². The number of non-ortho nitro benzene ring substituents is 1. The van der Waals surface area contributed by atoms with Gasteiger partial charge in [-0.2, -0.15) is 0 Å². The molecule has 0 aliphatic carbocycles. The lowest BCUT2D eigenvalue weighted by atomic mass is 10.3. The van der Waals surface area contributed by atoms with E-state index in [1.54, 1.807) is 24.3 Å². The maximum atomic E-state index is 10.6. The van der Waals surface area contributed by atoms with Crippen molar-refractivity contribution in [3.63, 3.8) is 0 Å². The van der Waals surface area contributed by atoms with Gasteiger partial charge in [-0.15, -0.1) is 0 Å². The minimum absolute atomic E-state index is 0.00167. The molecule has 0 spiro atoms. The van der Waals surface area contributed by atoms with Crippen LogP contribution in [-0.2, 0) is 0 Å². The van der Waals surface area contributed by atoms with E-state index < -0.39 is 4.92 Å². The number of nitrogens with two attached hydrogens (primary N) is 1. The van der Waals surface area contributed by atoms with Crippen LogP contribution in [0.5, 0.6) is 11.5 Å². The molecule has 0 heterocycles. The maximum absolute atomic E-state index is 10.6. The van der Waals surface area contributed by atoms with E-state index in [9.17, 15) is 10.1 Å². The minimum atomic E-state index is -0.463. The van der Waals surface area contributed by atoms with Crippen molar-refractivity contribution in [1.82, 2.24) is 0 Å². The summed E-state index contributed by atoms with van der Waals surface area (Å²) in [5.41, 5.74) is 6.22. The molecule has 0 aromatic heterocycles. The van der Waals surface area contributed by atoms with Gasteiger partial charge >= 0.3 is 0 Å². The Morgan fingerprint density at radius 1 is 1.22 bits per heavy atom. The van der Waals surface area contributed by atoms with E-state index >= 15 is 0 Å². The zero-order valence-electron chi connectivity index (χ0n) is 9.17. The van der Waals surface area contributed by atoms with Crippen LogP contribution in [0.1, 0.15) is 0 Å². The Balaban J connectivity index is 2.27. The van der Waals surface area contributed by atoms with Gasteiger partial charge in [0.05, 0.1) is 9.40 Å². The number of halogens is 1. The molecule has 2 N–H and O–H groups in total. The van der Waals surface area contributed by atoms with E-state index in [-0.39, 0.29) is 5.69 Å². The number of nitro groups is 1. The molecule has 0 fully saturated rings. The van der Waals surface area contributed by atoms with Gasteiger partial charge in [0.1, 0.15) is 11.5 Å². The average Bonchev–Trinajstić information content (AvgIpc) is 2.31. The highest BCUT2D eigenvalue weighted by molar-refractivity contribution is 9.10. The number of rotatable bonds is 3. The van der Waals surface area contributed by atoms with Gasteiger partial charge in [0.25, 0.3) is 5.69 Å². The Labute approximate surface area is 111 Å². The van der Waals surface area contributed by atoms with Gasteiger partial charge in [-0.3, -0.25) is 10.1 Å². The third-order valence-electron chi connectivity index (χ3n) is 2.21. The molecule has 0 saturated heterocycles. The van der Waals surface area contributed by atoms with E-state index in [0.717, 1.165) is 0 Å². The first-order valence-electron chi connectivity index (χ1n) is 5.03. The topological polar surface area (TPSA) is 78.4 Å². The van der Waals surface area contributed by atoms with Crippen molar-refractivity contribution < 1.29 is 9.66 Å². The van der Waals surface area contributed by atoms with Crippen LogP contribution in [0.2, 0.25) is 0 Å². The second kappa shape index (κ2) is 5.05. The van der Waals surface area contributed by atoms with Gasteiger partial charge in [0.2, 0.25) is 0 Å². The molecular weight excluding hydrogens is 300 g/mol. The average molecular weight is 309 g/mol. The smallest absolute Gasteiger partial charge is 0.270 e. The van der Waals surface area contributed by atoms with Gasteiger partial charge in [0.15, 0.2) is 0 Å². The molecule has 18 heavy (non-hydrogen) atoms. The van der Waals surface area contributed by atoms with E-state index in [1.807, 2.05) is 0 Å². The summed E-state index contributed by atoms with van der Waals surface area (Å²) in [7, 11) is 0. The Hall–Kier alpha value is -2.08. The molecular formula is C12H9BrN2O3. The molecule has 2 aromatic rings. The minimum Gasteiger partial charge on any atom is -0.456 e. The largest absolute Gasteiger partial charge is 0.456 e. The van der Waals surface area contributed by atoms with Gasteiger partial charge in [-0.05, 0) is 34.1 Å². The molecule has 6 heteroatoms. The first kappa shape index (κ1) is 12.4. The number of benzene rings is 2. The summed E-state index contributed by atoms with van der Waals surface area (Å²) < 4.78 is 6.09. The SMILES string of the molecule is Nc1cccc(Oc2ccc([N+](=O)[O-])cc2Br)c1. The molecule has 0 aliphatic heterocycles. The number of ether oxygens (including phenoxy) is 1. The van der Waals surface area contributed by atoms with Crippen molar-refractivity contribution >= 4 is 27.3 Å². The molecule has 92 valence electrons. The first-order chi connectivity index (χ1) is 8.56. The monoisotopic (exact) mass is 308 g/mol. The predicted octanol–water partition coefficient (Wildman–Crippen LogP) is 3.73. The summed E-state index contributed by atoms with van der Waals surface area (Å²) in [4.78, 5) is 10.1. The van der Waals surface area contributed by atoms with Crippen molar-refractivity contribution in [2.45, 2.75) is 0 Å². The molecule has 2 aromatic carbocycles.